The van der Waals surface area contributed by atoms with Gasteiger partial charge in [-0.2, -0.15) is 0 Å². The van der Waals surface area contributed by atoms with E-state index in [0.717, 1.165) is 17.8 Å². The molecule has 0 spiro atoms. The van der Waals surface area contributed by atoms with Gasteiger partial charge in [-0.15, -0.1) is 0 Å². The molecule has 1 N–H and O–H groups in total. The zero-order valence-corrected chi connectivity index (χ0v) is 11.2. The van der Waals surface area contributed by atoms with Crippen molar-refractivity contribution >= 4 is 21.8 Å². The lowest BCUT2D eigenvalue weighted by molar-refractivity contribution is 0.0762. The second-order valence-electron chi connectivity index (χ2n) is 3.59. The first-order valence-corrected chi connectivity index (χ1v) is 6.56. The third kappa shape index (κ3) is 3.70. The van der Waals surface area contributed by atoms with E-state index in [0.29, 0.717) is 13.1 Å². The summed E-state index contributed by atoms with van der Waals surface area (Å²) in [6.07, 6.45) is 0.835. The normalized spacial score (nSPS) is 10.3. The Kier molecular flexibility index (Phi) is 5.41. The van der Waals surface area contributed by atoms with Crippen molar-refractivity contribution in [3.8, 4) is 5.75 Å². The molecule has 3 nitrogen and oxygen atoms in total. The fraction of sp³-hybridized carbons (Fsp3) is 0.417. The van der Waals surface area contributed by atoms with Gasteiger partial charge in [0.15, 0.2) is 0 Å². The van der Waals surface area contributed by atoms with E-state index in [4.69, 9.17) is 0 Å². The minimum atomic E-state index is -0.553. The number of halogens is 2. The Balaban J connectivity index is 2.86. The molecule has 0 heterocycles. The molecule has 1 amide bonds. The first-order chi connectivity index (χ1) is 8.10. The van der Waals surface area contributed by atoms with Crippen molar-refractivity contribution in [3.05, 3.63) is 29.6 Å². The van der Waals surface area contributed by atoms with Gasteiger partial charge in [0.1, 0.15) is 11.6 Å². The monoisotopic (exact) mass is 303 g/mol. The number of nitrogens with zero attached hydrogens (tertiary/aromatic N) is 1. The lowest BCUT2D eigenvalue weighted by atomic mass is 10.1. The second-order valence-corrected chi connectivity index (χ2v) is 4.38. The largest absolute Gasteiger partial charge is 0.507 e. The Morgan fingerprint density at radius 1 is 1.53 bits per heavy atom. The molecule has 0 aliphatic rings. The summed E-state index contributed by atoms with van der Waals surface area (Å²) in [6.45, 7) is 3.03. The van der Waals surface area contributed by atoms with Crippen LogP contribution in [0, 0.1) is 5.82 Å². The molecule has 1 aromatic rings. The number of phenols is 1. The molecular formula is C12H15BrFNO2. The lowest BCUT2D eigenvalue weighted by Gasteiger charge is -2.20. The number of rotatable bonds is 5. The maximum absolute atomic E-state index is 12.8. The van der Waals surface area contributed by atoms with Gasteiger partial charge in [0.25, 0.3) is 5.91 Å². The zero-order valence-electron chi connectivity index (χ0n) is 9.62. The highest BCUT2D eigenvalue weighted by molar-refractivity contribution is 9.09. The summed E-state index contributed by atoms with van der Waals surface area (Å²) < 4.78 is 12.8. The standard InChI is InChI=1S/C12H15BrFNO2/c1-2-15(7-3-6-13)12(17)10-5-4-9(14)8-11(10)16/h4-5,8,16H,2-3,6-7H2,1H3. The van der Waals surface area contributed by atoms with Crippen LogP contribution >= 0.6 is 15.9 Å². The van der Waals surface area contributed by atoms with Gasteiger partial charge < -0.3 is 10.0 Å². The average molecular weight is 304 g/mol. The number of phenolic OH excluding ortho intramolecular Hbond substituents is 1. The van der Waals surface area contributed by atoms with E-state index in [1.807, 2.05) is 6.92 Å². The average Bonchev–Trinajstić information content (AvgIpc) is 2.29. The van der Waals surface area contributed by atoms with Crippen LogP contribution in [0.4, 0.5) is 4.39 Å². The molecule has 0 atom stereocenters. The summed E-state index contributed by atoms with van der Waals surface area (Å²) in [6, 6.07) is 3.43. The summed E-state index contributed by atoms with van der Waals surface area (Å²) in [5.74, 6) is -1.14. The van der Waals surface area contributed by atoms with Gasteiger partial charge >= 0.3 is 0 Å². The molecule has 17 heavy (non-hydrogen) atoms. The van der Waals surface area contributed by atoms with Crippen LogP contribution in [0.1, 0.15) is 23.7 Å². The van der Waals surface area contributed by atoms with Crippen LogP contribution in [0.3, 0.4) is 0 Å². The first kappa shape index (κ1) is 14.0. The van der Waals surface area contributed by atoms with Crippen molar-refractivity contribution in [2.24, 2.45) is 0 Å². The van der Waals surface area contributed by atoms with Crippen LogP contribution in [-0.2, 0) is 0 Å². The van der Waals surface area contributed by atoms with Gasteiger partial charge in [-0.05, 0) is 25.5 Å². The second kappa shape index (κ2) is 6.59. The van der Waals surface area contributed by atoms with Gasteiger partial charge in [-0.3, -0.25) is 4.79 Å². The summed E-state index contributed by atoms with van der Waals surface area (Å²) in [4.78, 5) is 13.7. The molecule has 0 aromatic heterocycles. The minimum Gasteiger partial charge on any atom is -0.507 e. The van der Waals surface area contributed by atoms with Crippen molar-refractivity contribution in [1.29, 1.82) is 0 Å². The molecule has 0 unspecified atom stereocenters. The van der Waals surface area contributed by atoms with Crippen LogP contribution in [0.15, 0.2) is 18.2 Å². The van der Waals surface area contributed by atoms with Gasteiger partial charge in [-0.1, -0.05) is 15.9 Å². The fourth-order valence-electron chi connectivity index (χ4n) is 1.51. The third-order valence-corrected chi connectivity index (χ3v) is 2.98. The number of benzene rings is 1. The van der Waals surface area contributed by atoms with Crippen molar-refractivity contribution in [2.75, 3.05) is 18.4 Å². The molecule has 0 saturated carbocycles. The maximum atomic E-state index is 12.8. The van der Waals surface area contributed by atoms with Crippen LogP contribution in [0.25, 0.3) is 0 Å². The lowest BCUT2D eigenvalue weighted by Crippen LogP contribution is -2.32. The van der Waals surface area contributed by atoms with Crippen LogP contribution in [0.2, 0.25) is 0 Å². The van der Waals surface area contributed by atoms with Gasteiger partial charge in [-0.25, -0.2) is 4.39 Å². The molecule has 5 heteroatoms. The zero-order chi connectivity index (χ0) is 12.8. The fourth-order valence-corrected chi connectivity index (χ4v) is 1.76. The number of hydrogen-bond acceptors (Lipinski definition) is 2. The van der Waals surface area contributed by atoms with Crippen molar-refractivity contribution in [2.45, 2.75) is 13.3 Å². The van der Waals surface area contributed by atoms with E-state index in [1.165, 1.54) is 12.1 Å². The highest BCUT2D eigenvalue weighted by Crippen LogP contribution is 2.20. The Hall–Kier alpha value is -1.10. The van der Waals surface area contributed by atoms with Crippen LogP contribution in [0.5, 0.6) is 5.75 Å². The maximum Gasteiger partial charge on any atom is 0.257 e. The summed E-state index contributed by atoms with van der Waals surface area (Å²) >= 11 is 3.30. The van der Waals surface area contributed by atoms with Crippen LogP contribution < -0.4 is 0 Å². The topological polar surface area (TPSA) is 40.5 Å². The molecule has 0 radical (unpaired) electrons. The SMILES string of the molecule is CCN(CCCBr)C(=O)c1ccc(F)cc1O. The predicted octanol–water partition coefficient (Wildman–Crippen LogP) is 2.78. The van der Waals surface area contributed by atoms with E-state index in [-0.39, 0.29) is 17.2 Å². The molecule has 1 rings (SSSR count). The number of carbonyl (C=O) groups excluding carboxylic acids is 1. The number of aromatic hydroxyl groups is 1. The number of amides is 1. The number of hydrogen-bond donors (Lipinski definition) is 1. The summed E-state index contributed by atoms with van der Waals surface area (Å²) in [5, 5.41) is 10.3. The predicted molar refractivity (Wildman–Crippen MR) is 68.1 cm³/mol. The first-order valence-electron chi connectivity index (χ1n) is 5.44. The number of carbonyl (C=O) groups is 1. The summed E-state index contributed by atoms with van der Waals surface area (Å²) in [7, 11) is 0. The molecular weight excluding hydrogens is 289 g/mol. The Morgan fingerprint density at radius 3 is 2.76 bits per heavy atom. The molecule has 0 fully saturated rings. The minimum absolute atomic E-state index is 0.142. The smallest absolute Gasteiger partial charge is 0.257 e. The van der Waals surface area contributed by atoms with Crippen molar-refractivity contribution in [1.82, 2.24) is 4.90 Å². The molecule has 1 aromatic carbocycles. The van der Waals surface area contributed by atoms with E-state index >= 15 is 0 Å². The van der Waals surface area contributed by atoms with E-state index in [9.17, 15) is 14.3 Å². The molecule has 0 saturated heterocycles. The van der Waals surface area contributed by atoms with Gasteiger partial charge in [0, 0.05) is 24.5 Å². The third-order valence-electron chi connectivity index (χ3n) is 2.42. The highest BCUT2D eigenvalue weighted by atomic mass is 79.9. The van der Waals surface area contributed by atoms with Crippen molar-refractivity contribution in [3.63, 3.8) is 0 Å². The number of alkyl halides is 1. The molecule has 0 bridgehead atoms. The van der Waals surface area contributed by atoms with E-state index < -0.39 is 5.82 Å². The molecule has 0 aliphatic heterocycles. The van der Waals surface area contributed by atoms with E-state index in [2.05, 4.69) is 15.9 Å². The molecule has 0 aliphatic carbocycles. The van der Waals surface area contributed by atoms with Gasteiger partial charge in [0.05, 0.1) is 5.56 Å². The quantitative estimate of drug-likeness (QED) is 0.850. The van der Waals surface area contributed by atoms with Gasteiger partial charge in [0.2, 0.25) is 0 Å². The molecule has 94 valence electrons. The Bertz CT molecular complexity index is 398. The highest BCUT2D eigenvalue weighted by Gasteiger charge is 2.17. The Morgan fingerprint density at radius 2 is 2.24 bits per heavy atom. The summed E-state index contributed by atoms with van der Waals surface area (Å²) in [5.41, 5.74) is 0.142. The van der Waals surface area contributed by atoms with Crippen molar-refractivity contribution < 1.29 is 14.3 Å². The van der Waals surface area contributed by atoms with E-state index in [1.54, 1.807) is 4.90 Å². The van der Waals surface area contributed by atoms with Crippen LogP contribution in [-0.4, -0.2) is 34.3 Å². The Labute approximate surface area is 108 Å².